The highest BCUT2D eigenvalue weighted by Gasteiger charge is 2.52. The Morgan fingerprint density at radius 1 is 1.30 bits per heavy atom. The number of nitriles is 1. The number of fused-ring (bicyclic) bond motifs is 2. The third kappa shape index (κ3) is 1.83. The van der Waals surface area contributed by atoms with Crippen molar-refractivity contribution in [1.82, 2.24) is 10.3 Å². The van der Waals surface area contributed by atoms with E-state index < -0.39 is 0 Å². The van der Waals surface area contributed by atoms with Crippen LogP contribution < -0.4 is 10.1 Å². The molecule has 4 nitrogen and oxygen atoms in total. The molecule has 2 atom stereocenters. The SMILES string of the molecule is N#Cc1ccc2nccc(OCC3C4CNCC43)c2c1. The molecule has 0 spiro atoms. The Bertz CT molecular complexity index is 696. The standard InChI is InChI=1S/C16H15N3O/c17-6-10-1-2-15-11(5-10)16(3-4-19-15)20-9-14-12-7-18-8-13(12)14/h1-5,12-14,18H,7-9H2. The van der Waals surface area contributed by atoms with Gasteiger partial charge in [0.1, 0.15) is 5.75 Å². The Kier molecular flexibility index (Phi) is 2.61. The highest BCUT2D eigenvalue weighted by molar-refractivity contribution is 5.86. The van der Waals surface area contributed by atoms with Crippen molar-refractivity contribution in [2.24, 2.45) is 17.8 Å². The van der Waals surface area contributed by atoms with E-state index in [1.54, 1.807) is 12.3 Å². The van der Waals surface area contributed by atoms with Gasteiger partial charge in [0.05, 0.1) is 23.8 Å². The summed E-state index contributed by atoms with van der Waals surface area (Å²) in [5, 5.41) is 13.3. The van der Waals surface area contributed by atoms with Gasteiger partial charge in [0, 0.05) is 17.5 Å². The van der Waals surface area contributed by atoms with Crippen LogP contribution in [0.4, 0.5) is 0 Å². The maximum atomic E-state index is 9.01. The van der Waals surface area contributed by atoms with Gasteiger partial charge in [-0.25, -0.2) is 0 Å². The topological polar surface area (TPSA) is 57.9 Å². The average Bonchev–Trinajstić information content (AvgIpc) is 2.93. The predicted octanol–water partition coefficient (Wildman–Crippen LogP) is 1.95. The molecule has 2 aliphatic rings. The van der Waals surface area contributed by atoms with Gasteiger partial charge in [0.2, 0.25) is 0 Å². The van der Waals surface area contributed by atoms with Crippen LogP contribution in [0.15, 0.2) is 30.5 Å². The van der Waals surface area contributed by atoms with Crippen molar-refractivity contribution in [3.63, 3.8) is 0 Å². The number of ether oxygens (including phenoxy) is 1. The van der Waals surface area contributed by atoms with E-state index in [4.69, 9.17) is 10.00 Å². The van der Waals surface area contributed by atoms with E-state index in [9.17, 15) is 0 Å². The van der Waals surface area contributed by atoms with E-state index in [1.807, 2.05) is 18.2 Å². The summed E-state index contributed by atoms with van der Waals surface area (Å²) in [5.74, 6) is 3.14. The molecular weight excluding hydrogens is 250 g/mol. The first-order valence-corrected chi connectivity index (χ1v) is 6.99. The second-order valence-electron chi connectivity index (χ2n) is 5.61. The molecule has 2 fully saturated rings. The van der Waals surface area contributed by atoms with Crippen molar-refractivity contribution in [3.05, 3.63) is 36.0 Å². The van der Waals surface area contributed by atoms with Crippen molar-refractivity contribution in [2.75, 3.05) is 19.7 Å². The number of pyridine rings is 1. The minimum Gasteiger partial charge on any atom is -0.493 e. The summed E-state index contributed by atoms with van der Waals surface area (Å²) in [5.41, 5.74) is 1.52. The number of hydrogen-bond acceptors (Lipinski definition) is 4. The first-order chi connectivity index (χ1) is 9.86. The lowest BCUT2D eigenvalue weighted by Crippen LogP contribution is -2.17. The molecule has 1 aromatic heterocycles. The summed E-state index contributed by atoms with van der Waals surface area (Å²) in [6.07, 6.45) is 1.76. The van der Waals surface area contributed by atoms with Crippen LogP contribution in [0.5, 0.6) is 5.75 Å². The monoisotopic (exact) mass is 265 g/mol. The Hall–Kier alpha value is -2.12. The fourth-order valence-corrected chi connectivity index (χ4v) is 3.30. The Labute approximate surface area is 117 Å². The van der Waals surface area contributed by atoms with E-state index in [0.717, 1.165) is 48.2 Å². The molecule has 2 aromatic rings. The van der Waals surface area contributed by atoms with E-state index >= 15 is 0 Å². The van der Waals surface area contributed by atoms with Gasteiger partial charge in [-0.2, -0.15) is 5.26 Å². The molecular formula is C16H15N3O. The molecule has 1 aromatic carbocycles. The van der Waals surface area contributed by atoms with Gasteiger partial charge in [-0.1, -0.05) is 0 Å². The zero-order valence-corrected chi connectivity index (χ0v) is 11.0. The van der Waals surface area contributed by atoms with Crippen LogP contribution in [0.25, 0.3) is 10.9 Å². The van der Waals surface area contributed by atoms with Crippen LogP contribution in [-0.2, 0) is 0 Å². The highest BCUT2D eigenvalue weighted by atomic mass is 16.5. The van der Waals surface area contributed by atoms with Gasteiger partial charge in [-0.15, -0.1) is 0 Å². The molecule has 100 valence electrons. The number of aromatic nitrogens is 1. The molecule has 20 heavy (non-hydrogen) atoms. The summed E-state index contributed by atoms with van der Waals surface area (Å²) in [7, 11) is 0. The van der Waals surface area contributed by atoms with Gasteiger partial charge in [-0.3, -0.25) is 4.98 Å². The summed E-state index contributed by atoms with van der Waals surface area (Å²) >= 11 is 0. The van der Waals surface area contributed by atoms with Crippen molar-refractivity contribution < 1.29 is 4.74 Å². The third-order valence-corrected chi connectivity index (χ3v) is 4.53. The molecule has 2 heterocycles. The van der Waals surface area contributed by atoms with Crippen molar-refractivity contribution in [1.29, 1.82) is 5.26 Å². The predicted molar refractivity (Wildman–Crippen MR) is 75.3 cm³/mol. The van der Waals surface area contributed by atoms with Gasteiger partial charge >= 0.3 is 0 Å². The lowest BCUT2D eigenvalue weighted by atomic mass is 10.1. The first-order valence-electron chi connectivity index (χ1n) is 6.99. The fraction of sp³-hybridized carbons (Fsp3) is 0.375. The van der Waals surface area contributed by atoms with Crippen molar-refractivity contribution >= 4 is 10.9 Å². The number of nitrogens with zero attached hydrogens (tertiary/aromatic N) is 2. The Balaban J connectivity index is 1.58. The molecule has 4 rings (SSSR count). The maximum absolute atomic E-state index is 9.01. The fourth-order valence-electron chi connectivity index (χ4n) is 3.30. The smallest absolute Gasteiger partial charge is 0.130 e. The second-order valence-corrected chi connectivity index (χ2v) is 5.61. The summed E-state index contributed by atoms with van der Waals surface area (Å²) < 4.78 is 6.00. The minimum absolute atomic E-state index is 0.642. The molecule has 0 bridgehead atoms. The molecule has 1 saturated carbocycles. The molecule has 1 aliphatic carbocycles. The zero-order chi connectivity index (χ0) is 13.5. The highest BCUT2D eigenvalue weighted by Crippen LogP contribution is 2.48. The molecule has 1 aliphatic heterocycles. The number of benzene rings is 1. The molecule has 4 heteroatoms. The maximum Gasteiger partial charge on any atom is 0.130 e. The Morgan fingerprint density at radius 2 is 2.15 bits per heavy atom. The first kappa shape index (κ1) is 11.7. The van der Waals surface area contributed by atoms with Crippen molar-refractivity contribution in [3.8, 4) is 11.8 Å². The van der Waals surface area contributed by atoms with Gasteiger partial charge in [-0.05, 0) is 49.2 Å². The van der Waals surface area contributed by atoms with Crippen LogP contribution >= 0.6 is 0 Å². The average molecular weight is 265 g/mol. The van der Waals surface area contributed by atoms with E-state index in [1.165, 1.54) is 0 Å². The van der Waals surface area contributed by atoms with Gasteiger partial charge in [0.15, 0.2) is 0 Å². The molecule has 1 N–H and O–H groups in total. The van der Waals surface area contributed by atoms with E-state index in [2.05, 4.69) is 16.4 Å². The zero-order valence-electron chi connectivity index (χ0n) is 11.0. The second kappa shape index (κ2) is 4.46. The number of nitrogens with one attached hydrogen (secondary N) is 1. The van der Waals surface area contributed by atoms with Crippen LogP contribution in [-0.4, -0.2) is 24.7 Å². The largest absolute Gasteiger partial charge is 0.493 e. The van der Waals surface area contributed by atoms with Crippen LogP contribution in [0, 0.1) is 29.1 Å². The molecule has 2 unspecified atom stereocenters. The normalized spacial score (nSPS) is 27.1. The molecule has 0 radical (unpaired) electrons. The lowest BCUT2D eigenvalue weighted by Gasteiger charge is -2.10. The summed E-state index contributed by atoms with van der Waals surface area (Å²) in [4.78, 5) is 4.32. The van der Waals surface area contributed by atoms with Crippen LogP contribution in [0.1, 0.15) is 5.56 Å². The lowest BCUT2D eigenvalue weighted by molar-refractivity contribution is 0.283. The van der Waals surface area contributed by atoms with Crippen LogP contribution in [0.3, 0.4) is 0 Å². The Morgan fingerprint density at radius 3 is 2.95 bits per heavy atom. The summed E-state index contributed by atoms with van der Waals surface area (Å²) in [6, 6.07) is 9.57. The molecule has 0 amide bonds. The van der Waals surface area contributed by atoms with Gasteiger partial charge < -0.3 is 10.1 Å². The summed E-state index contributed by atoms with van der Waals surface area (Å²) in [6.45, 7) is 3.04. The number of rotatable bonds is 3. The van der Waals surface area contributed by atoms with E-state index in [-0.39, 0.29) is 0 Å². The minimum atomic E-state index is 0.642. The number of hydrogen-bond donors (Lipinski definition) is 1. The molecule has 1 saturated heterocycles. The quantitative estimate of drug-likeness (QED) is 0.921. The third-order valence-electron chi connectivity index (χ3n) is 4.53. The van der Waals surface area contributed by atoms with Crippen LogP contribution in [0.2, 0.25) is 0 Å². The van der Waals surface area contributed by atoms with Gasteiger partial charge in [0.25, 0.3) is 0 Å². The van der Waals surface area contributed by atoms with Crippen molar-refractivity contribution in [2.45, 2.75) is 0 Å². The number of piperidine rings is 1. The van der Waals surface area contributed by atoms with E-state index in [0.29, 0.717) is 11.5 Å².